The average molecular weight is 326 g/mol. The van der Waals surface area contributed by atoms with Crippen LogP contribution < -0.4 is 10.5 Å². The SMILES string of the molecule is CCCCCCC1(C)CC(N)c2ccc(Br)cc2O1. The summed E-state index contributed by atoms with van der Waals surface area (Å²) in [5, 5.41) is 0. The van der Waals surface area contributed by atoms with E-state index in [2.05, 4.69) is 35.8 Å². The molecule has 0 radical (unpaired) electrons. The smallest absolute Gasteiger partial charge is 0.126 e. The van der Waals surface area contributed by atoms with E-state index in [0.717, 1.165) is 28.6 Å². The van der Waals surface area contributed by atoms with E-state index >= 15 is 0 Å². The molecule has 0 amide bonds. The fourth-order valence-electron chi connectivity index (χ4n) is 2.86. The summed E-state index contributed by atoms with van der Waals surface area (Å²) in [6, 6.07) is 6.23. The van der Waals surface area contributed by atoms with Gasteiger partial charge in [-0.2, -0.15) is 0 Å². The summed E-state index contributed by atoms with van der Waals surface area (Å²) >= 11 is 3.50. The Labute approximate surface area is 124 Å². The molecular weight excluding hydrogens is 302 g/mol. The highest BCUT2D eigenvalue weighted by Gasteiger charge is 2.35. The number of benzene rings is 1. The second kappa shape index (κ2) is 6.27. The molecule has 0 saturated carbocycles. The van der Waals surface area contributed by atoms with Crippen LogP contribution in [0.25, 0.3) is 0 Å². The van der Waals surface area contributed by atoms with Crippen LogP contribution in [0.15, 0.2) is 22.7 Å². The fourth-order valence-corrected chi connectivity index (χ4v) is 3.20. The number of ether oxygens (including phenoxy) is 1. The van der Waals surface area contributed by atoms with Crippen LogP contribution in [0.2, 0.25) is 0 Å². The number of rotatable bonds is 5. The summed E-state index contributed by atoms with van der Waals surface area (Å²) in [6.45, 7) is 4.44. The number of unbranched alkanes of at least 4 members (excludes halogenated alkanes) is 3. The van der Waals surface area contributed by atoms with Gasteiger partial charge in [0.05, 0.1) is 0 Å². The lowest BCUT2D eigenvalue weighted by molar-refractivity contribution is 0.0429. The fraction of sp³-hybridized carbons (Fsp3) is 0.625. The summed E-state index contributed by atoms with van der Waals surface area (Å²) < 4.78 is 7.29. The van der Waals surface area contributed by atoms with Crippen molar-refractivity contribution >= 4 is 15.9 Å². The maximum Gasteiger partial charge on any atom is 0.126 e. The van der Waals surface area contributed by atoms with Crippen molar-refractivity contribution in [2.24, 2.45) is 5.73 Å². The molecule has 2 atom stereocenters. The van der Waals surface area contributed by atoms with Crippen LogP contribution in [-0.2, 0) is 0 Å². The van der Waals surface area contributed by atoms with Crippen molar-refractivity contribution in [3.63, 3.8) is 0 Å². The van der Waals surface area contributed by atoms with Gasteiger partial charge in [0.15, 0.2) is 0 Å². The molecule has 1 aromatic carbocycles. The maximum absolute atomic E-state index is 6.31. The van der Waals surface area contributed by atoms with Crippen LogP contribution >= 0.6 is 15.9 Å². The highest BCUT2D eigenvalue weighted by molar-refractivity contribution is 9.10. The summed E-state index contributed by atoms with van der Waals surface area (Å²) in [7, 11) is 0. The maximum atomic E-state index is 6.31. The largest absolute Gasteiger partial charge is 0.487 e. The van der Waals surface area contributed by atoms with E-state index in [4.69, 9.17) is 10.5 Å². The molecule has 0 aromatic heterocycles. The molecule has 1 aliphatic rings. The zero-order chi connectivity index (χ0) is 13.9. The third kappa shape index (κ3) is 3.73. The van der Waals surface area contributed by atoms with Crippen molar-refractivity contribution in [1.29, 1.82) is 0 Å². The Morgan fingerprint density at radius 1 is 1.37 bits per heavy atom. The van der Waals surface area contributed by atoms with Crippen molar-refractivity contribution in [2.45, 2.75) is 64.0 Å². The number of hydrogen-bond acceptors (Lipinski definition) is 2. The van der Waals surface area contributed by atoms with Gasteiger partial charge < -0.3 is 10.5 Å². The van der Waals surface area contributed by atoms with E-state index in [0.29, 0.717) is 0 Å². The van der Waals surface area contributed by atoms with Gasteiger partial charge in [-0.05, 0) is 31.9 Å². The molecule has 1 heterocycles. The highest BCUT2D eigenvalue weighted by Crippen LogP contribution is 2.41. The molecular formula is C16H24BrNO. The van der Waals surface area contributed by atoms with Crippen LogP contribution in [0, 0.1) is 0 Å². The molecule has 0 bridgehead atoms. The molecule has 2 N–H and O–H groups in total. The average Bonchev–Trinajstić information content (AvgIpc) is 2.34. The number of hydrogen-bond donors (Lipinski definition) is 1. The van der Waals surface area contributed by atoms with E-state index in [1.807, 2.05) is 12.1 Å². The lowest BCUT2D eigenvalue weighted by Crippen LogP contribution is -2.40. The predicted octanol–water partition coefficient (Wildman–Crippen LogP) is 4.96. The van der Waals surface area contributed by atoms with E-state index < -0.39 is 0 Å². The molecule has 3 heteroatoms. The zero-order valence-electron chi connectivity index (χ0n) is 11.9. The Bertz CT molecular complexity index is 435. The van der Waals surface area contributed by atoms with Gasteiger partial charge in [-0.15, -0.1) is 0 Å². The monoisotopic (exact) mass is 325 g/mol. The van der Waals surface area contributed by atoms with Gasteiger partial charge in [-0.1, -0.05) is 48.2 Å². The molecule has 19 heavy (non-hydrogen) atoms. The zero-order valence-corrected chi connectivity index (χ0v) is 13.5. The van der Waals surface area contributed by atoms with E-state index in [1.165, 1.54) is 25.7 Å². The second-order valence-electron chi connectivity index (χ2n) is 5.86. The topological polar surface area (TPSA) is 35.2 Å². The molecule has 1 aromatic rings. The van der Waals surface area contributed by atoms with Crippen LogP contribution in [-0.4, -0.2) is 5.60 Å². The molecule has 0 aliphatic carbocycles. The quantitative estimate of drug-likeness (QED) is 0.776. The van der Waals surface area contributed by atoms with Crippen molar-refractivity contribution in [2.75, 3.05) is 0 Å². The molecule has 0 saturated heterocycles. The molecule has 1 aliphatic heterocycles. The van der Waals surface area contributed by atoms with Gasteiger partial charge in [0.1, 0.15) is 11.4 Å². The standard InChI is InChI=1S/C16H24BrNO/c1-3-4-5-6-9-16(2)11-14(18)13-8-7-12(17)10-15(13)19-16/h7-8,10,14H,3-6,9,11,18H2,1-2H3. The Balaban J connectivity index is 2.05. The molecule has 0 spiro atoms. The van der Waals surface area contributed by atoms with Crippen molar-refractivity contribution in [3.05, 3.63) is 28.2 Å². The van der Waals surface area contributed by atoms with Gasteiger partial charge in [0.2, 0.25) is 0 Å². The summed E-state index contributed by atoms with van der Waals surface area (Å²) in [5.74, 6) is 0.950. The van der Waals surface area contributed by atoms with Crippen molar-refractivity contribution in [1.82, 2.24) is 0 Å². The number of nitrogens with two attached hydrogens (primary N) is 1. The minimum absolute atomic E-state index is 0.0908. The van der Waals surface area contributed by atoms with Crippen LogP contribution in [0.1, 0.15) is 64.0 Å². The third-order valence-corrected chi connectivity index (χ3v) is 4.44. The van der Waals surface area contributed by atoms with E-state index in [1.54, 1.807) is 0 Å². The van der Waals surface area contributed by atoms with Crippen LogP contribution in [0.5, 0.6) is 5.75 Å². The summed E-state index contributed by atoms with van der Waals surface area (Å²) in [4.78, 5) is 0. The second-order valence-corrected chi connectivity index (χ2v) is 6.77. The third-order valence-electron chi connectivity index (χ3n) is 3.94. The molecule has 0 fully saturated rings. The first kappa shape index (κ1) is 14.9. The molecule has 106 valence electrons. The lowest BCUT2D eigenvalue weighted by atomic mass is 9.85. The van der Waals surface area contributed by atoms with Gasteiger partial charge in [-0.3, -0.25) is 0 Å². The lowest BCUT2D eigenvalue weighted by Gasteiger charge is -2.39. The summed E-state index contributed by atoms with van der Waals surface area (Å²) in [5.41, 5.74) is 7.33. The number of halogens is 1. The molecule has 2 unspecified atom stereocenters. The first-order valence-corrected chi connectivity index (χ1v) is 8.07. The highest BCUT2D eigenvalue weighted by atomic mass is 79.9. The Hall–Kier alpha value is -0.540. The van der Waals surface area contributed by atoms with E-state index in [9.17, 15) is 0 Å². The van der Waals surface area contributed by atoms with Crippen molar-refractivity contribution in [3.8, 4) is 5.75 Å². The summed E-state index contributed by atoms with van der Waals surface area (Å²) in [6.07, 6.45) is 7.09. The van der Waals surface area contributed by atoms with Gasteiger partial charge in [-0.25, -0.2) is 0 Å². The first-order chi connectivity index (χ1) is 9.04. The first-order valence-electron chi connectivity index (χ1n) is 7.28. The molecule has 2 nitrogen and oxygen atoms in total. The number of fused-ring (bicyclic) bond motifs is 1. The molecule has 2 rings (SSSR count). The van der Waals surface area contributed by atoms with Crippen molar-refractivity contribution < 1.29 is 4.74 Å². The van der Waals surface area contributed by atoms with Gasteiger partial charge in [0.25, 0.3) is 0 Å². The Kier molecular flexibility index (Phi) is 4.91. The normalized spacial score (nSPS) is 25.8. The van der Waals surface area contributed by atoms with Gasteiger partial charge in [0, 0.05) is 22.5 Å². The Morgan fingerprint density at radius 2 is 2.16 bits per heavy atom. The Morgan fingerprint density at radius 3 is 2.89 bits per heavy atom. The van der Waals surface area contributed by atoms with E-state index in [-0.39, 0.29) is 11.6 Å². The van der Waals surface area contributed by atoms with Crippen LogP contribution in [0.3, 0.4) is 0 Å². The minimum atomic E-state index is -0.110. The van der Waals surface area contributed by atoms with Gasteiger partial charge >= 0.3 is 0 Å². The van der Waals surface area contributed by atoms with Crippen LogP contribution in [0.4, 0.5) is 0 Å². The minimum Gasteiger partial charge on any atom is -0.487 e. The predicted molar refractivity (Wildman–Crippen MR) is 83.5 cm³/mol.